The van der Waals surface area contributed by atoms with E-state index in [9.17, 15) is 27.2 Å². The summed E-state index contributed by atoms with van der Waals surface area (Å²) in [6.45, 7) is 3.02. The number of aromatic nitrogens is 1. The van der Waals surface area contributed by atoms with E-state index in [0.717, 1.165) is 19.2 Å². The van der Waals surface area contributed by atoms with E-state index in [0.29, 0.717) is 24.5 Å². The fourth-order valence-electron chi connectivity index (χ4n) is 4.43. The van der Waals surface area contributed by atoms with Gasteiger partial charge >= 0.3 is 12.2 Å². The van der Waals surface area contributed by atoms with Crippen molar-refractivity contribution in [3.63, 3.8) is 0 Å². The molecule has 0 bridgehead atoms. The highest BCUT2D eigenvalue weighted by Gasteiger charge is 2.34. The molecule has 2 heterocycles. The van der Waals surface area contributed by atoms with E-state index in [1.54, 1.807) is 30.1 Å². The van der Waals surface area contributed by atoms with Crippen LogP contribution in [-0.2, 0) is 12.7 Å². The summed E-state index contributed by atoms with van der Waals surface area (Å²) < 4.78 is 56.5. The van der Waals surface area contributed by atoms with Crippen LogP contribution in [0.4, 0.5) is 45.1 Å². The van der Waals surface area contributed by atoms with Gasteiger partial charge < -0.3 is 25.8 Å². The molecule has 1 fully saturated rings. The Morgan fingerprint density at radius 1 is 0.976 bits per heavy atom. The predicted molar refractivity (Wildman–Crippen MR) is 149 cm³/mol. The number of amides is 3. The first-order valence-corrected chi connectivity index (χ1v) is 12.8. The smallest absolute Gasteiger partial charge is 0.354 e. The number of nitrogens with one attached hydrogen (secondary N) is 3. The third kappa shape index (κ3) is 7.50. The van der Waals surface area contributed by atoms with E-state index in [1.807, 2.05) is 11.9 Å². The fourth-order valence-corrected chi connectivity index (χ4v) is 4.43. The Balaban J connectivity index is 1.44. The molecule has 1 aromatic heterocycles. The number of anilines is 4. The van der Waals surface area contributed by atoms with Crippen molar-refractivity contribution in [2.75, 3.05) is 62.9 Å². The molecular weight excluding hydrogens is 542 g/mol. The van der Waals surface area contributed by atoms with Gasteiger partial charge in [-0.1, -0.05) is 6.07 Å². The minimum Gasteiger partial charge on any atom is -0.354 e. The van der Waals surface area contributed by atoms with Crippen molar-refractivity contribution in [2.45, 2.75) is 12.7 Å². The Morgan fingerprint density at radius 3 is 2.34 bits per heavy atom. The molecule has 0 unspecified atom stereocenters. The lowest BCUT2D eigenvalue weighted by Gasteiger charge is -2.33. The lowest BCUT2D eigenvalue weighted by atomic mass is 10.0. The number of likely N-dealkylation sites (N-methyl/N-ethyl adjacent to an activating group) is 1. The maximum atomic E-state index is 14.9. The quantitative estimate of drug-likeness (QED) is 0.353. The Labute approximate surface area is 235 Å². The molecule has 0 aliphatic carbocycles. The summed E-state index contributed by atoms with van der Waals surface area (Å²) in [7, 11) is 5.12. The van der Waals surface area contributed by atoms with Crippen molar-refractivity contribution >= 4 is 34.7 Å². The van der Waals surface area contributed by atoms with Crippen LogP contribution >= 0.6 is 0 Å². The molecule has 3 aromatic rings. The number of benzene rings is 2. The van der Waals surface area contributed by atoms with E-state index < -0.39 is 23.6 Å². The lowest BCUT2D eigenvalue weighted by Crippen LogP contribution is -2.44. The summed E-state index contributed by atoms with van der Waals surface area (Å²) in [6, 6.07) is 10.0. The number of carbonyl (C=O) groups excluding carboxylic acids is 2. The SMILES string of the molecule is CNC(=O)c1cc(N(C)c2ccc(NC(=O)Nc3ccc(CN4CCN(C)CC4)c(C(F)(F)F)c3)c(F)c2)ccn1. The van der Waals surface area contributed by atoms with Gasteiger partial charge in [0.25, 0.3) is 5.91 Å². The van der Waals surface area contributed by atoms with Gasteiger partial charge in [-0.25, -0.2) is 9.18 Å². The predicted octanol–water partition coefficient (Wildman–Crippen LogP) is 4.76. The number of nitrogens with zero attached hydrogens (tertiary/aromatic N) is 4. The van der Waals surface area contributed by atoms with Crippen LogP contribution in [0.1, 0.15) is 21.6 Å². The molecule has 0 atom stereocenters. The van der Waals surface area contributed by atoms with Crippen LogP contribution in [0, 0.1) is 5.82 Å². The minimum atomic E-state index is -4.61. The molecule has 3 amide bonds. The van der Waals surface area contributed by atoms with Crippen molar-refractivity contribution in [3.05, 3.63) is 77.4 Å². The van der Waals surface area contributed by atoms with Crippen molar-refractivity contribution < 1.29 is 27.2 Å². The molecule has 9 nitrogen and oxygen atoms in total. The van der Waals surface area contributed by atoms with E-state index in [-0.39, 0.29) is 35.1 Å². The first-order chi connectivity index (χ1) is 19.4. The summed E-state index contributed by atoms with van der Waals surface area (Å²) >= 11 is 0. The van der Waals surface area contributed by atoms with Gasteiger partial charge in [0.15, 0.2) is 0 Å². The average Bonchev–Trinajstić information content (AvgIpc) is 2.94. The minimum absolute atomic E-state index is 0.0710. The molecular formula is C28H31F4N7O2. The van der Waals surface area contributed by atoms with Crippen LogP contribution in [0.15, 0.2) is 54.7 Å². The van der Waals surface area contributed by atoms with E-state index in [4.69, 9.17) is 0 Å². The number of hydrogen-bond donors (Lipinski definition) is 3. The Bertz CT molecular complexity index is 1410. The molecule has 4 rings (SSSR count). The highest BCUT2D eigenvalue weighted by atomic mass is 19.4. The molecule has 2 aromatic carbocycles. The van der Waals surface area contributed by atoms with Crippen molar-refractivity contribution in [1.82, 2.24) is 20.1 Å². The van der Waals surface area contributed by atoms with Gasteiger partial charge in [-0.3, -0.25) is 14.7 Å². The van der Waals surface area contributed by atoms with Crippen LogP contribution in [0.25, 0.3) is 0 Å². The zero-order chi connectivity index (χ0) is 29.7. The second-order valence-corrected chi connectivity index (χ2v) is 9.73. The first-order valence-electron chi connectivity index (χ1n) is 12.8. The maximum absolute atomic E-state index is 14.9. The second kappa shape index (κ2) is 12.5. The number of rotatable bonds is 7. The average molecular weight is 574 g/mol. The van der Waals surface area contributed by atoms with E-state index in [2.05, 4.69) is 25.8 Å². The number of alkyl halides is 3. The monoisotopic (exact) mass is 573 g/mol. The molecule has 1 saturated heterocycles. The number of halogens is 4. The largest absolute Gasteiger partial charge is 0.416 e. The summed E-state index contributed by atoms with van der Waals surface area (Å²) in [5.41, 5.74) is 0.245. The number of piperazine rings is 1. The molecule has 218 valence electrons. The highest BCUT2D eigenvalue weighted by Crippen LogP contribution is 2.35. The molecule has 1 aliphatic rings. The van der Waals surface area contributed by atoms with Gasteiger partial charge in [0.1, 0.15) is 11.5 Å². The second-order valence-electron chi connectivity index (χ2n) is 9.73. The Kier molecular flexibility index (Phi) is 9.08. The molecule has 0 radical (unpaired) electrons. The summed E-state index contributed by atoms with van der Waals surface area (Å²) in [5, 5.41) is 7.18. The maximum Gasteiger partial charge on any atom is 0.416 e. The van der Waals surface area contributed by atoms with E-state index in [1.165, 1.54) is 37.5 Å². The van der Waals surface area contributed by atoms with Crippen LogP contribution in [0.5, 0.6) is 0 Å². The molecule has 0 saturated carbocycles. The zero-order valence-electron chi connectivity index (χ0n) is 22.8. The van der Waals surface area contributed by atoms with Gasteiger partial charge in [-0.2, -0.15) is 13.2 Å². The van der Waals surface area contributed by atoms with Crippen LogP contribution < -0.4 is 20.9 Å². The van der Waals surface area contributed by atoms with Crippen molar-refractivity contribution in [1.29, 1.82) is 0 Å². The van der Waals surface area contributed by atoms with E-state index >= 15 is 0 Å². The van der Waals surface area contributed by atoms with Gasteiger partial charge in [0.05, 0.1) is 11.3 Å². The molecule has 41 heavy (non-hydrogen) atoms. The zero-order valence-corrected chi connectivity index (χ0v) is 22.8. The number of carbonyl (C=O) groups is 2. The summed E-state index contributed by atoms with van der Waals surface area (Å²) in [5.74, 6) is -1.13. The van der Waals surface area contributed by atoms with Crippen LogP contribution in [0.2, 0.25) is 0 Å². The fraction of sp³-hybridized carbons (Fsp3) is 0.321. The van der Waals surface area contributed by atoms with Gasteiger partial charge in [-0.05, 0) is 55.1 Å². The highest BCUT2D eigenvalue weighted by molar-refractivity contribution is 6.00. The third-order valence-electron chi connectivity index (χ3n) is 6.84. The molecule has 3 N–H and O–H groups in total. The number of pyridine rings is 1. The lowest BCUT2D eigenvalue weighted by molar-refractivity contribution is -0.138. The standard InChI is InChI=1S/C28H31F4N7O2/c1-33-26(40)25-16-21(8-9-34-25)38(3)20-6-7-24(23(29)15-20)36-27(41)35-19-5-4-18(22(14-19)28(30,31)32)17-39-12-10-37(2)11-13-39/h4-9,14-16H,10-13,17H2,1-3H3,(H,33,40)(H2,35,36,41). The summed E-state index contributed by atoms with van der Waals surface area (Å²) in [6.07, 6.45) is -3.16. The van der Waals surface area contributed by atoms with Gasteiger partial charge in [0.2, 0.25) is 0 Å². The Morgan fingerprint density at radius 2 is 1.68 bits per heavy atom. The summed E-state index contributed by atoms with van der Waals surface area (Å²) in [4.78, 5) is 34.1. The molecule has 0 spiro atoms. The third-order valence-corrected chi connectivity index (χ3v) is 6.84. The van der Waals surface area contributed by atoms with Crippen molar-refractivity contribution in [2.24, 2.45) is 0 Å². The first kappa shape index (κ1) is 29.7. The van der Waals surface area contributed by atoms with Gasteiger partial charge in [-0.15, -0.1) is 0 Å². The molecule has 13 heteroatoms. The number of hydrogen-bond acceptors (Lipinski definition) is 6. The topological polar surface area (TPSA) is 92.8 Å². The Hall–Kier alpha value is -4.23. The number of urea groups is 1. The van der Waals surface area contributed by atoms with Crippen molar-refractivity contribution in [3.8, 4) is 0 Å². The van der Waals surface area contributed by atoms with Crippen LogP contribution in [0.3, 0.4) is 0 Å². The van der Waals surface area contributed by atoms with Gasteiger partial charge in [0, 0.05) is 70.1 Å². The molecule has 1 aliphatic heterocycles. The van der Waals surface area contributed by atoms with Crippen LogP contribution in [-0.4, -0.2) is 74.0 Å². The normalized spacial score (nSPS) is 14.4.